The van der Waals surface area contributed by atoms with Crippen molar-refractivity contribution < 1.29 is 33.6 Å². The van der Waals surface area contributed by atoms with Crippen molar-refractivity contribution in [1.82, 2.24) is 4.90 Å². The molecule has 1 heterocycles. The van der Waals surface area contributed by atoms with Crippen LogP contribution in [0.2, 0.25) is 0 Å². The van der Waals surface area contributed by atoms with E-state index in [1.54, 1.807) is 14.2 Å². The van der Waals surface area contributed by atoms with Crippen LogP contribution in [0.4, 0.5) is 0 Å². The van der Waals surface area contributed by atoms with Gasteiger partial charge in [-0.2, -0.15) is 0 Å². The van der Waals surface area contributed by atoms with Gasteiger partial charge in [0.15, 0.2) is 0 Å². The SMILES string of the molecule is COc1cc(COc2ccccc2[C@H]2CCN(COCOC(C)(C)C)C[C@@H]2C(=O)O)cc(OC)c1. The first-order valence-corrected chi connectivity index (χ1v) is 11.8. The number of carbonyl (C=O) groups is 1. The first-order chi connectivity index (χ1) is 16.7. The highest BCUT2D eigenvalue weighted by Gasteiger charge is 2.36. The van der Waals surface area contributed by atoms with Crippen LogP contribution in [-0.4, -0.2) is 62.4 Å². The molecule has 1 N–H and O–H groups in total. The van der Waals surface area contributed by atoms with Gasteiger partial charge in [0.1, 0.15) is 37.4 Å². The normalized spacial score (nSPS) is 18.8. The number of aliphatic carboxylic acids is 1. The molecule has 0 saturated carbocycles. The summed E-state index contributed by atoms with van der Waals surface area (Å²) in [5.41, 5.74) is 1.53. The number of methoxy groups -OCH3 is 2. The average Bonchev–Trinajstić information content (AvgIpc) is 2.84. The van der Waals surface area contributed by atoms with Crippen LogP contribution in [0.25, 0.3) is 0 Å². The Morgan fingerprint density at radius 2 is 1.77 bits per heavy atom. The number of hydrogen-bond donors (Lipinski definition) is 1. The molecule has 3 rings (SSSR count). The number of para-hydroxylation sites is 1. The second-order valence-electron chi connectivity index (χ2n) is 9.67. The minimum absolute atomic E-state index is 0.161. The van der Waals surface area contributed by atoms with E-state index in [2.05, 4.69) is 0 Å². The van der Waals surface area contributed by atoms with E-state index in [9.17, 15) is 9.90 Å². The molecule has 1 aliphatic rings. The van der Waals surface area contributed by atoms with Crippen molar-refractivity contribution in [2.24, 2.45) is 5.92 Å². The lowest BCUT2D eigenvalue weighted by atomic mass is 9.80. The van der Waals surface area contributed by atoms with Gasteiger partial charge in [-0.15, -0.1) is 0 Å². The molecule has 8 nitrogen and oxygen atoms in total. The minimum atomic E-state index is -0.821. The van der Waals surface area contributed by atoms with Gasteiger partial charge in [0, 0.05) is 25.1 Å². The van der Waals surface area contributed by atoms with Crippen LogP contribution in [0.5, 0.6) is 17.2 Å². The molecule has 0 amide bonds. The van der Waals surface area contributed by atoms with E-state index >= 15 is 0 Å². The molecule has 0 unspecified atom stereocenters. The zero-order valence-corrected chi connectivity index (χ0v) is 21.3. The summed E-state index contributed by atoms with van der Waals surface area (Å²) in [6, 6.07) is 13.3. The maximum atomic E-state index is 12.2. The highest BCUT2D eigenvalue weighted by Crippen LogP contribution is 2.38. The summed E-state index contributed by atoms with van der Waals surface area (Å²) in [4.78, 5) is 14.2. The molecule has 0 aliphatic carbocycles. The Labute approximate surface area is 207 Å². The standard InChI is InChI=1S/C27H37NO7/c1-27(2,3)35-18-33-17-28-11-10-22(24(15-28)26(29)30)23-8-6-7-9-25(23)34-16-19-12-20(31-4)14-21(13-19)32-5/h6-9,12-14,22,24H,10-11,15-18H2,1-5H3,(H,29,30)/t22-,24+/m1/s1. The third kappa shape index (κ3) is 7.85. The summed E-state index contributed by atoms with van der Waals surface area (Å²) in [6.07, 6.45) is 0.688. The predicted octanol–water partition coefficient (Wildman–Crippen LogP) is 4.52. The van der Waals surface area contributed by atoms with Gasteiger partial charge in [0.05, 0.1) is 25.7 Å². The molecule has 35 heavy (non-hydrogen) atoms. The van der Waals surface area contributed by atoms with Gasteiger partial charge in [-0.25, -0.2) is 0 Å². The van der Waals surface area contributed by atoms with Crippen molar-refractivity contribution in [1.29, 1.82) is 0 Å². The van der Waals surface area contributed by atoms with Gasteiger partial charge < -0.3 is 28.8 Å². The number of benzene rings is 2. The Morgan fingerprint density at radius 3 is 2.40 bits per heavy atom. The van der Waals surface area contributed by atoms with Crippen LogP contribution in [0.3, 0.4) is 0 Å². The molecule has 0 spiro atoms. The van der Waals surface area contributed by atoms with Crippen LogP contribution in [0.1, 0.15) is 44.2 Å². The van der Waals surface area contributed by atoms with Crippen LogP contribution in [-0.2, 0) is 20.9 Å². The van der Waals surface area contributed by atoms with Crippen molar-refractivity contribution in [2.75, 3.05) is 40.8 Å². The quantitative estimate of drug-likeness (QED) is 0.366. The summed E-state index contributed by atoms with van der Waals surface area (Å²) in [7, 11) is 3.21. The third-order valence-electron chi connectivity index (χ3n) is 5.99. The van der Waals surface area contributed by atoms with Gasteiger partial charge in [-0.1, -0.05) is 18.2 Å². The van der Waals surface area contributed by atoms with E-state index in [0.29, 0.717) is 43.6 Å². The molecular formula is C27H37NO7. The number of likely N-dealkylation sites (tertiary alicyclic amines) is 1. The lowest BCUT2D eigenvalue weighted by Gasteiger charge is -2.37. The predicted molar refractivity (Wildman–Crippen MR) is 132 cm³/mol. The van der Waals surface area contributed by atoms with Gasteiger partial charge in [0.2, 0.25) is 0 Å². The van der Waals surface area contributed by atoms with E-state index in [0.717, 1.165) is 17.7 Å². The first kappa shape index (κ1) is 26.8. The second-order valence-corrected chi connectivity index (χ2v) is 9.67. The topological polar surface area (TPSA) is 86.7 Å². The lowest BCUT2D eigenvalue weighted by Crippen LogP contribution is -2.44. The molecule has 2 atom stereocenters. The Hall–Kier alpha value is -2.81. The van der Waals surface area contributed by atoms with E-state index in [1.165, 1.54) is 0 Å². The fourth-order valence-corrected chi connectivity index (χ4v) is 4.17. The number of piperidine rings is 1. The summed E-state index contributed by atoms with van der Waals surface area (Å²) < 4.78 is 28.1. The molecule has 2 aromatic carbocycles. The highest BCUT2D eigenvalue weighted by atomic mass is 16.7. The number of carboxylic acids is 1. The average molecular weight is 488 g/mol. The van der Waals surface area contributed by atoms with Crippen molar-refractivity contribution in [3.63, 3.8) is 0 Å². The van der Waals surface area contributed by atoms with E-state index < -0.39 is 11.9 Å². The molecule has 8 heteroatoms. The fourth-order valence-electron chi connectivity index (χ4n) is 4.17. The van der Waals surface area contributed by atoms with Crippen LogP contribution in [0.15, 0.2) is 42.5 Å². The summed E-state index contributed by atoms with van der Waals surface area (Å²) in [5, 5.41) is 10.0. The molecule has 0 radical (unpaired) electrons. The lowest BCUT2D eigenvalue weighted by molar-refractivity contribution is -0.153. The monoisotopic (exact) mass is 487 g/mol. The van der Waals surface area contributed by atoms with E-state index in [-0.39, 0.29) is 18.3 Å². The molecule has 1 fully saturated rings. The Kier molecular flexibility index (Phi) is 9.37. The van der Waals surface area contributed by atoms with Crippen molar-refractivity contribution >= 4 is 5.97 Å². The van der Waals surface area contributed by atoms with E-state index in [4.69, 9.17) is 23.7 Å². The van der Waals surface area contributed by atoms with Gasteiger partial charge in [0.25, 0.3) is 0 Å². The van der Waals surface area contributed by atoms with E-state index in [1.807, 2.05) is 68.1 Å². The van der Waals surface area contributed by atoms with Crippen molar-refractivity contribution in [3.05, 3.63) is 53.6 Å². The van der Waals surface area contributed by atoms with Crippen molar-refractivity contribution in [3.8, 4) is 17.2 Å². The largest absolute Gasteiger partial charge is 0.497 e. The van der Waals surface area contributed by atoms with Gasteiger partial charge >= 0.3 is 5.97 Å². The zero-order valence-electron chi connectivity index (χ0n) is 21.3. The fraction of sp³-hybridized carbons (Fsp3) is 0.519. The zero-order chi connectivity index (χ0) is 25.4. The van der Waals surface area contributed by atoms with Crippen LogP contribution < -0.4 is 14.2 Å². The molecule has 1 saturated heterocycles. The molecule has 192 valence electrons. The third-order valence-corrected chi connectivity index (χ3v) is 5.99. The summed E-state index contributed by atoms with van der Waals surface area (Å²) in [6.45, 7) is 7.84. The van der Waals surface area contributed by atoms with Gasteiger partial charge in [-0.05, 0) is 56.5 Å². The second kappa shape index (κ2) is 12.2. The van der Waals surface area contributed by atoms with Crippen LogP contribution in [0, 0.1) is 5.92 Å². The molecule has 2 aromatic rings. The number of rotatable bonds is 11. The maximum Gasteiger partial charge on any atom is 0.308 e. The van der Waals surface area contributed by atoms with Crippen LogP contribution >= 0.6 is 0 Å². The number of nitrogens with zero attached hydrogens (tertiary/aromatic N) is 1. The number of carboxylic acid groups (broad SMARTS) is 1. The van der Waals surface area contributed by atoms with Crippen molar-refractivity contribution in [2.45, 2.75) is 45.3 Å². The number of hydrogen-bond acceptors (Lipinski definition) is 7. The molecule has 1 aliphatic heterocycles. The highest BCUT2D eigenvalue weighted by molar-refractivity contribution is 5.72. The Balaban J connectivity index is 1.68. The minimum Gasteiger partial charge on any atom is -0.497 e. The molecule has 0 bridgehead atoms. The van der Waals surface area contributed by atoms with Gasteiger partial charge in [-0.3, -0.25) is 9.69 Å². The maximum absolute atomic E-state index is 12.2. The Bertz CT molecular complexity index is 950. The Morgan fingerprint density at radius 1 is 1.09 bits per heavy atom. The number of ether oxygens (including phenoxy) is 5. The summed E-state index contributed by atoms with van der Waals surface area (Å²) in [5.74, 6) is 0.504. The molecule has 0 aromatic heterocycles. The smallest absolute Gasteiger partial charge is 0.308 e. The summed E-state index contributed by atoms with van der Waals surface area (Å²) >= 11 is 0. The molecular weight excluding hydrogens is 450 g/mol. The first-order valence-electron chi connectivity index (χ1n) is 11.8.